The summed E-state index contributed by atoms with van der Waals surface area (Å²) in [6.45, 7) is 7.07. The molecule has 1 fully saturated rings. The zero-order valence-corrected chi connectivity index (χ0v) is 15.3. The zero-order chi connectivity index (χ0) is 17.5. The summed E-state index contributed by atoms with van der Waals surface area (Å²) in [6, 6.07) is 18.4. The van der Waals surface area contributed by atoms with E-state index in [1.165, 1.54) is 48.1 Å². The minimum absolute atomic E-state index is 0.497. The number of rotatable bonds is 7. The van der Waals surface area contributed by atoms with Crippen molar-refractivity contribution in [3.63, 3.8) is 0 Å². The fourth-order valence-electron chi connectivity index (χ4n) is 3.81. The van der Waals surface area contributed by atoms with Crippen LogP contribution in [-0.2, 0) is 13.0 Å². The van der Waals surface area contributed by atoms with Gasteiger partial charge in [0.25, 0.3) is 0 Å². The van der Waals surface area contributed by atoms with Crippen molar-refractivity contribution in [2.45, 2.75) is 57.7 Å². The van der Waals surface area contributed by atoms with E-state index in [4.69, 9.17) is 0 Å². The lowest BCUT2D eigenvalue weighted by atomic mass is 9.89. The van der Waals surface area contributed by atoms with E-state index in [1.807, 2.05) is 6.08 Å². The van der Waals surface area contributed by atoms with Crippen molar-refractivity contribution in [1.29, 1.82) is 0 Å². The van der Waals surface area contributed by atoms with Gasteiger partial charge in [0.05, 0.1) is 0 Å². The molecule has 1 aliphatic rings. The smallest absolute Gasteiger partial charge is 0.0414 e. The fraction of sp³-hybridized carbons (Fsp3) is 0.391. The summed E-state index contributed by atoms with van der Waals surface area (Å²) in [5.41, 5.74) is 5.20. The number of aryl methyl sites for hydroxylation is 1. The number of nitrogens with one attached hydrogen (secondary N) is 2. The quantitative estimate of drug-likeness (QED) is 0.708. The van der Waals surface area contributed by atoms with E-state index in [2.05, 4.69) is 72.7 Å². The summed E-state index contributed by atoms with van der Waals surface area (Å²) in [4.78, 5) is 0. The number of anilines is 1. The van der Waals surface area contributed by atoms with Crippen LogP contribution in [0.5, 0.6) is 0 Å². The maximum absolute atomic E-state index is 3.92. The van der Waals surface area contributed by atoms with E-state index < -0.39 is 0 Å². The third-order valence-electron chi connectivity index (χ3n) is 5.27. The molecule has 0 saturated heterocycles. The molecule has 2 unspecified atom stereocenters. The summed E-state index contributed by atoms with van der Waals surface area (Å²) in [5.74, 6) is 0. The van der Waals surface area contributed by atoms with Crippen molar-refractivity contribution in [3.8, 4) is 0 Å². The van der Waals surface area contributed by atoms with E-state index in [9.17, 15) is 0 Å². The van der Waals surface area contributed by atoms with Crippen LogP contribution in [0.3, 0.4) is 0 Å². The van der Waals surface area contributed by atoms with Crippen molar-refractivity contribution in [3.05, 3.63) is 71.8 Å². The van der Waals surface area contributed by atoms with Crippen LogP contribution in [-0.4, -0.2) is 12.1 Å². The molecular weight excluding hydrogens is 304 g/mol. The predicted octanol–water partition coefficient (Wildman–Crippen LogP) is 5.40. The van der Waals surface area contributed by atoms with E-state index in [-0.39, 0.29) is 0 Å². The molecule has 2 aromatic rings. The van der Waals surface area contributed by atoms with Gasteiger partial charge in [-0.2, -0.15) is 0 Å². The highest BCUT2D eigenvalue weighted by molar-refractivity contribution is 5.59. The highest BCUT2D eigenvalue weighted by Gasteiger charge is 2.24. The monoisotopic (exact) mass is 334 g/mol. The average molecular weight is 335 g/mol. The van der Waals surface area contributed by atoms with E-state index in [1.54, 1.807) is 0 Å². The Morgan fingerprint density at radius 2 is 1.80 bits per heavy atom. The van der Waals surface area contributed by atoms with Crippen molar-refractivity contribution >= 4 is 11.8 Å². The second-order valence-electron chi connectivity index (χ2n) is 6.98. The summed E-state index contributed by atoms with van der Waals surface area (Å²) in [6.07, 6.45) is 8.10. The van der Waals surface area contributed by atoms with Gasteiger partial charge in [-0.15, -0.1) is 0 Å². The van der Waals surface area contributed by atoms with Crippen LogP contribution < -0.4 is 10.6 Å². The highest BCUT2D eigenvalue weighted by Crippen LogP contribution is 2.25. The molecule has 25 heavy (non-hydrogen) atoms. The molecule has 3 rings (SSSR count). The largest absolute Gasteiger partial charge is 0.381 e. The molecule has 2 atom stereocenters. The third kappa shape index (κ3) is 4.73. The Hall–Kier alpha value is -2.06. The van der Waals surface area contributed by atoms with Crippen molar-refractivity contribution in [2.24, 2.45) is 0 Å². The molecule has 2 heteroatoms. The van der Waals surface area contributed by atoms with Crippen LogP contribution in [0.2, 0.25) is 0 Å². The first-order valence-electron chi connectivity index (χ1n) is 9.59. The lowest BCUT2D eigenvalue weighted by Crippen LogP contribution is -2.45. The molecule has 0 radical (unpaired) electrons. The van der Waals surface area contributed by atoms with E-state index in [0.29, 0.717) is 12.1 Å². The van der Waals surface area contributed by atoms with Gasteiger partial charge in [-0.05, 0) is 48.1 Å². The van der Waals surface area contributed by atoms with Gasteiger partial charge in [0.15, 0.2) is 0 Å². The average Bonchev–Trinajstić information content (AvgIpc) is 2.68. The van der Waals surface area contributed by atoms with Crippen LogP contribution in [0, 0.1) is 0 Å². The molecule has 0 bridgehead atoms. The summed E-state index contributed by atoms with van der Waals surface area (Å²) in [5, 5.41) is 7.58. The Morgan fingerprint density at radius 1 is 1.04 bits per heavy atom. The minimum atomic E-state index is 0.497. The Labute approximate surface area is 152 Å². The van der Waals surface area contributed by atoms with Gasteiger partial charge in [-0.3, -0.25) is 0 Å². The van der Waals surface area contributed by atoms with Crippen LogP contribution in [0.25, 0.3) is 6.08 Å². The molecule has 0 aromatic heterocycles. The molecule has 1 saturated carbocycles. The number of hydrogen-bond acceptors (Lipinski definition) is 2. The van der Waals surface area contributed by atoms with Gasteiger partial charge < -0.3 is 10.6 Å². The summed E-state index contributed by atoms with van der Waals surface area (Å²) < 4.78 is 0. The van der Waals surface area contributed by atoms with Crippen LogP contribution >= 0.6 is 0 Å². The van der Waals surface area contributed by atoms with E-state index >= 15 is 0 Å². The third-order valence-corrected chi connectivity index (χ3v) is 5.27. The molecular formula is C23H30N2. The lowest BCUT2D eigenvalue weighted by Gasteiger charge is -2.34. The van der Waals surface area contributed by atoms with Crippen LogP contribution in [0.15, 0.2) is 55.1 Å². The molecule has 2 aromatic carbocycles. The highest BCUT2D eigenvalue weighted by atomic mass is 15.0. The maximum Gasteiger partial charge on any atom is 0.0414 e. The lowest BCUT2D eigenvalue weighted by molar-refractivity contribution is 0.342. The first-order chi connectivity index (χ1) is 12.3. The zero-order valence-electron chi connectivity index (χ0n) is 15.3. The van der Waals surface area contributed by atoms with Crippen LogP contribution in [0.1, 0.15) is 49.3 Å². The standard InChI is InChI=1S/C23H30N2/c1-3-19-14-15-21(16-20(19)4-2)25-23-13-9-8-12-22(23)24-17-18-10-6-5-7-11-18/h3,5-7,10-11,14-16,22-25H,1,4,8-9,12-13,17H2,2H3. The van der Waals surface area contributed by atoms with Gasteiger partial charge in [0.1, 0.15) is 0 Å². The molecule has 0 heterocycles. The normalized spacial score (nSPS) is 20.2. The van der Waals surface area contributed by atoms with Gasteiger partial charge in [0, 0.05) is 24.3 Å². The van der Waals surface area contributed by atoms with Gasteiger partial charge in [0.2, 0.25) is 0 Å². The van der Waals surface area contributed by atoms with Crippen LogP contribution in [0.4, 0.5) is 5.69 Å². The molecule has 0 spiro atoms. The molecule has 2 nitrogen and oxygen atoms in total. The summed E-state index contributed by atoms with van der Waals surface area (Å²) >= 11 is 0. The van der Waals surface area contributed by atoms with Crippen molar-refractivity contribution in [1.82, 2.24) is 5.32 Å². The number of benzene rings is 2. The fourth-order valence-corrected chi connectivity index (χ4v) is 3.81. The predicted molar refractivity (Wildman–Crippen MR) is 109 cm³/mol. The number of hydrogen-bond donors (Lipinski definition) is 2. The molecule has 1 aliphatic carbocycles. The SMILES string of the molecule is C=Cc1ccc(NC2CCCCC2NCc2ccccc2)cc1CC. The van der Waals surface area contributed by atoms with Gasteiger partial charge in [-0.1, -0.05) is 68.8 Å². The minimum Gasteiger partial charge on any atom is -0.381 e. The Bertz CT molecular complexity index is 678. The van der Waals surface area contributed by atoms with E-state index in [0.717, 1.165) is 13.0 Å². The van der Waals surface area contributed by atoms with Gasteiger partial charge >= 0.3 is 0 Å². The summed E-state index contributed by atoms with van der Waals surface area (Å²) in [7, 11) is 0. The Kier molecular flexibility index (Phi) is 6.30. The van der Waals surface area contributed by atoms with Crippen molar-refractivity contribution < 1.29 is 0 Å². The first kappa shape index (κ1) is 17.8. The second-order valence-corrected chi connectivity index (χ2v) is 6.98. The Balaban J connectivity index is 1.65. The maximum atomic E-state index is 3.92. The first-order valence-corrected chi connectivity index (χ1v) is 9.59. The molecule has 132 valence electrons. The molecule has 2 N–H and O–H groups in total. The second kappa shape index (κ2) is 8.87. The molecule has 0 aliphatic heterocycles. The Morgan fingerprint density at radius 3 is 2.52 bits per heavy atom. The topological polar surface area (TPSA) is 24.1 Å². The molecule has 0 amide bonds. The van der Waals surface area contributed by atoms with Crippen molar-refractivity contribution in [2.75, 3.05) is 5.32 Å². The van der Waals surface area contributed by atoms with Gasteiger partial charge in [-0.25, -0.2) is 0 Å².